The quantitative estimate of drug-likeness (QED) is 0.688. The zero-order valence-electron chi connectivity index (χ0n) is 16.5. The highest BCUT2D eigenvalue weighted by Crippen LogP contribution is 2.20. The van der Waals surface area contributed by atoms with E-state index in [-0.39, 0.29) is 10.8 Å². The molecule has 5 nitrogen and oxygen atoms in total. The number of carbonyl (C=O) groups is 1. The first kappa shape index (κ1) is 21.1. The van der Waals surface area contributed by atoms with Gasteiger partial charge < -0.3 is 5.32 Å². The van der Waals surface area contributed by atoms with Crippen molar-refractivity contribution in [3.63, 3.8) is 0 Å². The van der Waals surface area contributed by atoms with Gasteiger partial charge in [0.25, 0.3) is 5.91 Å². The highest BCUT2D eigenvalue weighted by Gasteiger charge is 2.20. The summed E-state index contributed by atoms with van der Waals surface area (Å²) in [7, 11) is -0.647. The normalized spacial score (nSPS) is 11.6. The Morgan fingerprint density at radius 3 is 2.30 bits per heavy atom. The van der Waals surface area contributed by atoms with Crippen molar-refractivity contribution in [1.29, 1.82) is 0 Å². The molecule has 0 radical (unpaired) electrons. The predicted octanol–water partition coefficient (Wildman–Crippen LogP) is 4.23. The van der Waals surface area contributed by atoms with Crippen molar-refractivity contribution in [2.75, 3.05) is 19.4 Å². The molecule has 0 aliphatic carbocycles. The minimum Gasteiger partial charge on any atom is -0.322 e. The van der Waals surface area contributed by atoms with Gasteiger partial charge in [0, 0.05) is 25.3 Å². The first-order chi connectivity index (χ1) is 12.8. The van der Waals surface area contributed by atoms with Crippen molar-refractivity contribution >= 4 is 21.6 Å². The summed E-state index contributed by atoms with van der Waals surface area (Å²) in [5.41, 5.74) is 3.02. The summed E-state index contributed by atoms with van der Waals surface area (Å²) in [4.78, 5) is 12.8. The SMILES string of the molecule is CCCCCc1ccc(NC(=O)c2cc(S(=O)(=O)N(C)C)ccc2C)cc1. The molecule has 0 aliphatic rings. The van der Waals surface area contributed by atoms with E-state index in [0.717, 1.165) is 22.7 Å². The average molecular weight is 389 g/mol. The second kappa shape index (κ2) is 9.15. The van der Waals surface area contributed by atoms with Crippen molar-refractivity contribution in [3.8, 4) is 0 Å². The van der Waals surface area contributed by atoms with Crippen LogP contribution in [0.2, 0.25) is 0 Å². The molecule has 2 aromatic rings. The van der Waals surface area contributed by atoms with E-state index in [1.165, 1.54) is 44.6 Å². The molecule has 2 rings (SSSR count). The van der Waals surface area contributed by atoms with Gasteiger partial charge in [0.2, 0.25) is 10.0 Å². The molecule has 0 aliphatic heterocycles. The van der Waals surface area contributed by atoms with Crippen molar-refractivity contribution in [2.24, 2.45) is 0 Å². The second-order valence-electron chi connectivity index (χ2n) is 6.87. The molecule has 6 heteroatoms. The van der Waals surface area contributed by atoms with Gasteiger partial charge in [-0.2, -0.15) is 0 Å². The number of anilines is 1. The van der Waals surface area contributed by atoms with E-state index in [1.807, 2.05) is 24.3 Å². The van der Waals surface area contributed by atoms with Crippen LogP contribution in [0, 0.1) is 6.92 Å². The number of rotatable bonds is 8. The summed E-state index contributed by atoms with van der Waals surface area (Å²) < 4.78 is 25.8. The smallest absolute Gasteiger partial charge is 0.255 e. The minimum absolute atomic E-state index is 0.106. The minimum atomic E-state index is -3.59. The van der Waals surface area contributed by atoms with Crippen LogP contribution in [0.3, 0.4) is 0 Å². The Morgan fingerprint density at radius 2 is 1.70 bits per heavy atom. The molecule has 2 aromatic carbocycles. The van der Waals surface area contributed by atoms with Crippen LogP contribution in [-0.2, 0) is 16.4 Å². The number of amides is 1. The molecule has 0 atom stereocenters. The second-order valence-corrected chi connectivity index (χ2v) is 9.02. The van der Waals surface area contributed by atoms with Gasteiger partial charge in [0.1, 0.15) is 0 Å². The summed E-state index contributed by atoms with van der Waals surface area (Å²) in [5.74, 6) is -0.318. The number of carbonyl (C=O) groups excluding carboxylic acids is 1. The van der Waals surface area contributed by atoms with Crippen LogP contribution >= 0.6 is 0 Å². The Hall–Kier alpha value is -2.18. The van der Waals surface area contributed by atoms with Crippen LogP contribution < -0.4 is 5.32 Å². The van der Waals surface area contributed by atoms with Crippen molar-refractivity contribution in [1.82, 2.24) is 4.31 Å². The van der Waals surface area contributed by atoms with Crippen LogP contribution in [0.4, 0.5) is 5.69 Å². The largest absolute Gasteiger partial charge is 0.322 e. The lowest BCUT2D eigenvalue weighted by Crippen LogP contribution is -2.23. The number of sulfonamides is 1. The third-order valence-electron chi connectivity index (χ3n) is 4.51. The number of benzene rings is 2. The topological polar surface area (TPSA) is 66.5 Å². The molecule has 146 valence electrons. The Morgan fingerprint density at radius 1 is 1.04 bits per heavy atom. The Kier molecular flexibility index (Phi) is 7.16. The predicted molar refractivity (Wildman–Crippen MR) is 110 cm³/mol. The summed E-state index contributed by atoms with van der Waals surface area (Å²) in [6.07, 6.45) is 4.60. The molecule has 0 unspecified atom stereocenters. The monoisotopic (exact) mass is 388 g/mol. The molecule has 0 saturated heterocycles. The maximum absolute atomic E-state index is 12.7. The molecule has 0 fully saturated rings. The van der Waals surface area contributed by atoms with Gasteiger partial charge in [-0.15, -0.1) is 0 Å². The van der Waals surface area contributed by atoms with Crippen molar-refractivity contribution in [2.45, 2.75) is 44.4 Å². The van der Waals surface area contributed by atoms with E-state index in [2.05, 4.69) is 12.2 Å². The fourth-order valence-electron chi connectivity index (χ4n) is 2.75. The van der Waals surface area contributed by atoms with E-state index < -0.39 is 10.0 Å². The van der Waals surface area contributed by atoms with Gasteiger partial charge in [0.15, 0.2) is 0 Å². The lowest BCUT2D eigenvalue weighted by Gasteiger charge is -2.14. The third-order valence-corrected chi connectivity index (χ3v) is 6.32. The molecule has 0 bridgehead atoms. The van der Waals surface area contributed by atoms with Crippen molar-refractivity contribution in [3.05, 3.63) is 59.2 Å². The van der Waals surface area contributed by atoms with Crippen molar-refractivity contribution < 1.29 is 13.2 Å². The lowest BCUT2D eigenvalue weighted by atomic mass is 10.1. The number of aryl methyl sites for hydroxylation is 2. The lowest BCUT2D eigenvalue weighted by molar-refractivity contribution is 0.102. The third kappa shape index (κ3) is 5.40. The zero-order chi connectivity index (χ0) is 20.0. The van der Waals surface area contributed by atoms with Crippen LogP contribution in [-0.4, -0.2) is 32.7 Å². The maximum atomic E-state index is 12.7. The van der Waals surface area contributed by atoms with E-state index in [0.29, 0.717) is 11.3 Å². The van der Waals surface area contributed by atoms with Gasteiger partial charge >= 0.3 is 0 Å². The number of unbranched alkanes of at least 4 members (excludes halogenated alkanes) is 2. The Bertz CT molecular complexity index is 888. The molecular formula is C21H28N2O3S. The summed E-state index contributed by atoms with van der Waals surface area (Å²) in [6.45, 7) is 3.97. The first-order valence-corrected chi connectivity index (χ1v) is 10.6. The van der Waals surface area contributed by atoms with Crippen LogP contribution in [0.5, 0.6) is 0 Å². The van der Waals surface area contributed by atoms with Gasteiger partial charge in [0.05, 0.1) is 4.90 Å². The molecule has 0 spiro atoms. The number of hydrogen-bond donors (Lipinski definition) is 1. The molecule has 0 aromatic heterocycles. The zero-order valence-corrected chi connectivity index (χ0v) is 17.3. The molecule has 0 heterocycles. The first-order valence-electron chi connectivity index (χ1n) is 9.19. The average Bonchev–Trinajstić information content (AvgIpc) is 2.63. The van der Waals surface area contributed by atoms with E-state index in [9.17, 15) is 13.2 Å². The summed E-state index contributed by atoms with van der Waals surface area (Å²) >= 11 is 0. The van der Waals surface area contributed by atoms with Gasteiger partial charge in [-0.25, -0.2) is 12.7 Å². The van der Waals surface area contributed by atoms with Gasteiger partial charge in [-0.1, -0.05) is 38.0 Å². The Balaban J connectivity index is 2.16. The summed E-state index contributed by atoms with van der Waals surface area (Å²) in [6, 6.07) is 12.4. The molecule has 0 saturated carbocycles. The highest BCUT2D eigenvalue weighted by atomic mass is 32.2. The molecule has 1 N–H and O–H groups in total. The number of nitrogens with zero attached hydrogens (tertiary/aromatic N) is 1. The van der Waals surface area contributed by atoms with Gasteiger partial charge in [-0.05, 0) is 55.2 Å². The van der Waals surface area contributed by atoms with Crippen LogP contribution in [0.15, 0.2) is 47.4 Å². The standard InChI is InChI=1S/C21H28N2O3S/c1-5-6-7-8-17-10-12-18(13-11-17)22-21(24)20-15-19(14-9-16(20)2)27(25,26)23(3)4/h9-15H,5-8H2,1-4H3,(H,22,24). The van der Waals surface area contributed by atoms with E-state index >= 15 is 0 Å². The number of nitrogens with one attached hydrogen (secondary N) is 1. The molecule has 1 amide bonds. The van der Waals surface area contributed by atoms with Crippen LogP contribution in [0.25, 0.3) is 0 Å². The molecule has 27 heavy (non-hydrogen) atoms. The maximum Gasteiger partial charge on any atom is 0.255 e. The fraction of sp³-hybridized carbons (Fsp3) is 0.381. The van der Waals surface area contributed by atoms with E-state index in [1.54, 1.807) is 13.0 Å². The van der Waals surface area contributed by atoms with Crippen LogP contribution in [0.1, 0.15) is 47.7 Å². The summed E-state index contributed by atoms with van der Waals surface area (Å²) in [5, 5.41) is 2.85. The van der Waals surface area contributed by atoms with Gasteiger partial charge in [-0.3, -0.25) is 4.79 Å². The Labute approximate surface area is 162 Å². The molecular weight excluding hydrogens is 360 g/mol. The number of hydrogen-bond acceptors (Lipinski definition) is 3. The highest BCUT2D eigenvalue weighted by molar-refractivity contribution is 7.89. The fourth-order valence-corrected chi connectivity index (χ4v) is 3.68. The van der Waals surface area contributed by atoms with E-state index in [4.69, 9.17) is 0 Å².